The summed E-state index contributed by atoms with van der Waals surface area (Å²) < 4.78 is 5.69. The summed E-state index contributed by atoms with van der Waals surface area (Å²) in [6, 6.07) is 13.9. The second-order valence-corrected chi connectivity index (χ2v) is 5.24. The Balaban J connectivity index is 2.00. The van der Waals surface area contributed by atoms with Gasteiger partial charge in [-0.3, -0.25) is 0 Å². The summed E-state index contributed by atoms with van der Waals surface area (Å²) in [4.78, 5) is 1.88. The fourth-order valence-corrected chi connectivity index (χ4v) is 2.41. The third-order valence-electron chi connectivity index (χ3n) is 2.57. The smallest absolute Gasteiger partial charge is 0.142 e. The normalized spacial score (nSPS) is 9.89. The van der Waals surface area contributed by atoms with E-state index in [0.29, 0.717) is 6.54 Å². The van der Waals surface area contributed by atoms with Gasteiger partial charge in [0.2, 0.25) is 0 Å². The summed E-state index contributed by atoms with van der Waals surface area (Å²) in [5, 5.41) is 12.1. The molecular formula is C15H16N2OS. The molecule has 0 unspecified atom stereocenters. The molecule has 0 saturated heterocycles. The fourth-order valence-electron chi connectivity index (χ4n) is 1.67. The highest BCUT2D eigenvalue weighted by atomic mass is 32.1. The molecule has 4 heteroatoms. The minimum Gasteiger partial charge on any atom is -0.491 e. The average molecular weight is 272 g/mol. The van der Waals surface area contributed by atoms with Crippen molar-refractivity contribution in [3.8, 4) is 11.8 Å². The van der Waals surface area contributed by atoms with Crippen LogP contribution in [0.3, 0.4) is 0 Å². The van der Waals surface area contributed by atoms with Crippen LogP contribution in [0.2, 0.25) is 0 Å². The Morgan fingerprint density at radius 1 is 1.26 bits per heavy atom. The third kappa shape index (κ3) is 3.73. The zero-order valence-electron chi connectivity index (χ0n) is 10.8. The molecule has 1 aromatic carbocycles. The maximum absolute atomic E-state index is 8.80. The second kappa shape index (κ2) is 6.81. The van der Waals surface area contributed by atoms with E-state index >= 15 is 0 Å². The number of rotatable bonds is 6. The van der Waals surface area contributed by atoms with Crippen molar-refractivity contribution >= 4 is 17.0 Å². The quantitative estimate of drug-likeness (QED) is 0.863. The zero-order chi connectivity index (χ0) is 13.5. The van der Waals surface area contributed by atoms with E-state index in [1.165, 1.54) is 11.3 Å². The molecule has 2 rings (SSSR count). The maximum atomic E-state index is 8.80. The van der Waals surface area contributed by atoms with Gasteiger partial charge in [-0.15, -0.1) is 11.3 Å². The fraction of sp³-hybridized carbons (Fsp3) is 0.267. The minimum absolute atomic E-state index is 0.707. The Labute approximate surface area is 117 Å². The van der Waals surface area contributed by atoms with Crippen LogP contribution in [-0.2, 0) is 6.54 Å². The van der Waals surface area contributed by atoms with Gasteiger partial charge in [0.05, 0.1) is 12.3 Å². The molecule has 1 aromatic heterocycles. The first kappa shape index (κ1) is 13.4. The highest BCUT2D eigenvalue weighted by Gasteiger charge is 2.03. The Morgan fingerprint density at radius 3 is 2.84 bits per heavy atom. The lowest BCUT2D eigenvalue weighted by atomic mass is 10.3. The zero-order valence-corrected chi connectivity index (χ0v) is 11.7. The number of anilines is 1. The standard InChI is InChI=1S/C15H16N2OS/c1-2-9-18-15-6-4-3-5-14(15)17-11-13-8-7-12(10-16)19-13/h3-8,17H,2,9,11H2,1H3. The molecule has 0 atom stereocenters. The molecule has 1 N–H and O–H groups in total. The summed E-state index contributed by atoms with van der Waals surface area (Å²) in [6.45, 7) is 3.51. The first-order valence-corrected chi connectivity index (χ1v) is 7.09. The van der Waals surface area contributed by atoms with Gasteiger partial charge in [-0.2, -0.15) is 5.26 Å². The lowest BCUT2D eigenvalue weighted by molar-refractivity contribution is 0.319. The molecule has 0 aliphatic carbocycles. The van der Waals surface area contributed by atoms with Crippen LogP contribution in [0.4, 0.5) is 5.69 Å². The molecule has 1 heterocycles. The van der Waals surface area contributed by atoms with Gasteiger partial charge >= 0.3 is 0 Å². The summed E-state index contributed by atoms with van der Waals surface area (Å²) in [7, 11) is 0. The Morgan fingerprint density at radius 2 is 2.11 bits per heavy atom. The summed E-state index contributed by atoms with van der Waals surface area (Å²) >= 11 is 1.51. The minimum atomic E-state index is 0.707. The summed E-state index contributed by atoms with van der Waals surface area (Å²) in [5.74, 6) is 0.876. The molecule has 3 nitrogen and oxygen atoms in total. The number of para-hydroxylation sites is 2. The van der Waals surface area contributed by atoms with Gasteiger partial charge in [0, 0.05) is 11.4 Å². The summed E-state index contributed by atoms with van der Waals surface area (Å²) in [5.41, 5.74) is 0.989. The van der Waals surface area contributed by atoms with Crippen molar-refractivity contribution in [3.63, 3.8) is 0 Å². The topological polar surface area (TPSA) is 45.0 Å². The SMILES string of the molecule is CCCOc1ccccc1NCc1ccc(C#N)s1. The Bertz CT molecular complexity index is 572. The summed E-state index contributed by atoms with van der Waals surface area (Å²) in [6.07, 6.45) is 0.991. The van der Waals surface area contributed by atoms with Gasteiger partial charge in [-0.1, -0.05) is 19.1 Å². The first-order chi connectivity index (χ1) is 9.33. The average Bonchev–Trinajstić information content (AvgIpc) is 2.91. The molecule has 0 bridgehead atoms. The van der Waals surface area contributed by atoms with Gasteiger partial charge in [-0.05, 0) is 30.7 Å². The van der Waals surface area contributed by atoms with E-state index < -0.39 is 0 Å². The first-order valence-electron chi connectivity index (χ1n) is 6.28. The van der Waals surface area contributed by atoms with Gasteiger partial charge < -0.3 is 10.1 Å². The molecule has 98 valence electrons. The van der Waals surface area contributed by atoms with Crippen LogP contribution in [0.5, 0.6) is 5.75 Å². The van der Waals surface area contributed by atoms with Crippen LogP contribution in [0, 0.1) is 11.3 Å². The highest BCUT2D eigenvalue weighted by Crippen LogP contribution is 2.25. The number of hydrogen-bond donors (Lipinski definition) is 1. The number of ether oxygens (including phenoxy) is 1. The molecule has 0 fully saturated rings. The van der Waals surface area contributed by atoms with Crippen LogP contribution in [0.15, 0.2) is 36.4 Å². The molecule has 0 amide bonds. The second-order valence-electron chi connectivity index (χ2n) is 4.08. The van der Waals surface area contributed by atoms with Crippen molar-refractivity contribution in [3.05, 3.63) is 46.2 Å². The van der Waals surface area contributed by atoms with Crippen LogP contribution in [0.25, 0.3) is 0 Å². The van der Waals surface area contributed by atoms with Crippen LogP contribution in [0.1, 0.15) is 23.1 Å². The predicted octanol–water partition coefficient (Wildman–Crippen LogP) is 4.02. The van der Waals surface area contributed by atoms with E-state index in [-0.39, 0.29) is 0 Å². The van der Waals surface area contributed by atoms with Crippen molar-refractivity contribution in [2.75, 3.05) is 11.9 Å². The third-order valence-corrected chi connectivity index (χ3v) is 3.56. The van der Waals surface area contributed by atoms with E-state index in [1.807, 2.05) is 36.4 Å². The van der Waals surface area contributed by atoms with Gasteiger partial charge in [0.1, 0.15) is 16.7 Å². The molecule has 0 saturated carbocycles. The number of nitrogens with zero attached hydrogens (tertiary/aromatic N) is 1. The van der Waals surface area contributed by atoms with E-state index in [2.05, 4.69) is 18.3 Å². The molecule has 0 radical (unpaired) electrons. The van der Waals surface area contributed by atoms with Crippen molar-refractivity contribution in [2.24, 2.45) is 0 Å². The lowest BCUT2D eigenvalue weighted by Gasteiger charge is -2.12. The molecule has 0 aliphatic heterocycles. The van der Waals surface area contributed by atoms with Crippen molar-refractivity contribution in [1.82, 2.24) is 0 Å². The van der Waals surface area contributed by atoms with Crippen LogP contribution >= 0.6 is 11.3 Å². The van der Waals surface area contributed by atoms with Gasteiger partial charge in [0.15, 0.2) is 0 Å². The molecule has 0 spiro atoms. The van der Waals surface area contributed by atoms with Crippen molar-refractivity contribution < 1.29 is 4.74 Å². The number of nitriles is 1. The maximum Gasteiger partial charge on any atom is 0.142 e. The Hall–Kier alpha value is -1.99. The van der Waals surface area contributed by atoms with E-state index in [4.69, 9.17) is 10.00 Å². The Kier molecular flexibility index (Phi) is 4.82. The monoisotopic (exact) mass is 272 g/mol. The van der Waals surface area contributed by atoms with E-state index in [1.54, 1.807) is 0 Å². The molecule has 0 aliphatic rings. The van der Waals surface area contributed by atoms with Gasteiger partial charge in [-0.25, -0.2) is 0 Å². The molecule has 2 aromatic rings. The molecule has 19 heavy (non-hydrogen) atoms. The number of nitrogens with one attached hydrogen (secondary N) is 1. The number of thiophene rings is 1. The largest absolute Gasteiger partial charge is 0.491 e. The van der Waals surface area contributed by atoms with E-state index in [9.17, 15) is 0 Å². The van der Waals surface area contributed by atoms with Gasteiger partial charge in [0.25, 0.3) is 0 Å². The predicted molar refractivity (Wildman–Crippen MR) is 78.6 cm³/mol. The highest BCUT2D eigenvalue weighted by molar-refractivity contribution is 7.12. The van der Waals surface area contributed by atoms with Crippen LogP contribution in [-0.4, -0.2) is 6.61 Å². The van der Waals surface area contributed by atoms with Crippen LogP contribution < -0.4 is 10.1 Å². The lowest BCUT2D eigenvalue weighted by Crippen LogP contribution is -2.02. The van der Waals surface area contributed by atoms with Crippen molar-refractivity contribution in [1.29, 1.82) is 5.26 Å². The van der Waals surface area contributed by atoms with Crippen molar-refractivity contribution in [2.45, 2.75) is 19.9 Å². The number of hydrogen-bond acceptors (Lipinski definition) is 4. The molecular weight excluding hydrogens is 256 g/mol. The van der Waals surface area contributed by atoms with E-state index in [0.717, 1.165) is 34.2 Å². The number of benzene rings is 1.